The first-order valence-corrected chi connectivity index (χ1v) is 12.1. The molecule has 35 heavy (non-hydrogen) atoms. The van der Waals surface area contributed by atoms with Crippen molar-refractivity contribution in [1.82, 2.24) is 0 Å². The predicted octanol–water partition coefficient (Wildman–Crippen LogP) is 2.91. The maximum absolute atomic E-state index is 14.0. The van der Waals surface area contributed by atoms with Crippen LogP contribution in [0.4, 0.5) is 5.69 Å². The van der Waals surface area contributed by atoms with Crippen molar-refractivity contribution in [3.8, 4) is 23.3 Å². The summed E-state index contributed by atoms with van der Waals surface area (Å²) in [4.78, 5) is 13.8. The van der Waals surface area contributed by atoms with Crippen molar-refractivity contribution in [1.29, 1.82) is 5.26 Å². The summed E-state index contributed by atoms with van der Waals surface area (Å²) in [6.07, 6.45) is 0. The molecule has 2 N–H and O–H groups in total. The highest BCUT2D eigenvalue weighted by molar-refractivity contribution is 7.93. The molecule has 0 aromatic heterocycles. The highest BCUT2D eigenvalue weighted by Crippen LogP contribution is 2.48. The Hall–Kier alpha value is -4.07. The van der Waals surface area contributed by atoms with E-state index in [0.717, 1.165) is 0 Å². The van der Waals surface area contributed by atoms with Gasteiger partial charge in [0.15, 0.2) is 5.54 Å². The van der Waals surface area contributed by atoms with Gasteiger partial charge in [-0.25, -0.2) is 12.7 Å². The van der Waals surface area contributed by atoms with Crippen molar-refractivity contribution in [2.45, 2.75) is 17.4 Å². The number of sulfonamides is 1. The minimum atomic E-state index is -4.49. The monoisotopic (exact) mass is 493 g/mol. The maximum atomic E-state index is 14.0. The Balaban J connectivity index is 1.99. The lowest BCUT2D eigenvalue weighted by Crippen LogP contribution is -2.49. The predicted molar refractivity (Wildman–Crippen MR) is 128 cm³/mol. The number of fused-ring (bicyclic) bond motifs is 1. The van der Waals surface area contributed by atoms with Gasteiger partial charge in [0, 0.05) is 17.2 Å². The lowest BCUT2D eigenvalue weighted by Gasteiger charge is -2.27. The van der Waals surface area contributed by atoms with Crippen LogP contribution in [-0.4, -0.2) is 35.2 Å². The molecule has 1 atom stereocenters. The molecule has 10 heteroatoms. The third-order valence-electron chi connectivity index (χ3n) is 5.79. The zero-order chi connectivity index (χ0) is 25.4. The summed E-state index contributed by atoms with van der Waals surface area (Å²) in [5.41, 5.74) is 5.56. The molecular weight excluding hydrogens is 470 g/mol. The molecule has 0 bridgehead atoms. The van der Waals surface area contributed by atoms with E-state index in [-0.39, 0.29) is 33.0 Å². The number of amides is 1. The van der Waals surface area contributed by atoms with E-state index < -0.39 is 21.5 Å². The highest BCUT2D eigenvalue weighted by Gasteiger charge is 2.55. The van der Waals surface area contributed by atoms with Crippen LogP contribution in [-0.2, 0) is 20.4 Å². The van der Waals surface area contributed by atoms with Crippen LogP contribution >= 0.6 is 0 Å². The molecule has 0 spiro atoms. The Labute approximate surface area is 203 Å². The SMILES string of the molecule is CCOc1ccccc1C1(N)C(=O)N(S(=O)(=O)c2ccc(OC)cc2OC)c2ccc(C#N)cc21. The van der Waals surface area contributed by atoms with E-state index >= 15 is 0 Å². The average molecular weight is 494 g/mol. The lowest BCUT2D eigenvalue weighted by atomic mass is 9.83. The Morgan fingerprint density at radius 2 is 1.74 bits per heavy atom. The number of nitriles is 1. The maximum Gasteiger partial charge on any atom is 0.274 e. The Morgan fingerprint density at radius 1 is 1.00 bits per heavy atom. The molecule has 0 saturated carbocycles. The van der Waals surface area contributed by atoms with Crippen LogP contribution < -0.4 is 24.2 Å². The first-order valence-electron chi connectivity index (χ1n) is 10.6. The number of rotatable bonds is 7. The smallest absolute Gasteiger partial charge is 0.274 e. The van der Waals surface area contributed by atoms with E-state index in [0.29, 0.717) is 22.4 Å². The number of hydrogen-bond donors (Lipinski definition) is 1. The minimum Gasteiger partial charge on any atom is -0.497 e. The highest BCUT2D eigenvalue weighted by atomic mass is 32.2. The number of anilines is 1. The van der Waals surface area contributed by atoms with Crippen molar-refractivity contribution in [2.75, 3.05) is 25.1 Å². The summed E-state index contributed by atoms with van der Waals surface area (Å²) in [6.45, 7) is 2.09. The second kappa shape index (κ2) is 8.94. The molecule has 1 aliphatic heterocycles. The summed E-state index contributed by atoms with van der Waals surface area (Å²) in [5, 5.41) is 9.48. The zero-order valence-electron chi connectivity index (χ0n) is 19.3. The van der Waals surface area contributed by atoms with E-state index in [1.807, 2.05) is 6.07 Å². The van der Waals surface area contributed by atoms with Gasteiger partial charge in [0.1, 0.15) is 22.1 Å². The van der Waals surface area contributed by atoms with Gasteiger partial charge in [0.25, 0.3) is 15.9 Å². The fourth-order valence-corrected chi connectivity index (χ4v) is 5.76. The van der Waals surface area contributed by atoms with E-state index in [1.165, 1.54) is 50.6 Å². The van der Waals surface area contributed by atoms with E-state index in [4.69, 9.17) is 19.9 Å². The molecule has 3 aromatic carbocycles. The summed E-state index contributed by atoms with van der Waals surface area (Å²) < 4.78 is 44.6. The Kier molecular flexibility index (Phi) is 6.15. The van der Waals surface area contributed by atoms with Crippen LogP contribution in [0.15, 0.2) is 65.6 Å². The standard InChI is InChI=1S/C25H23N3O6S/c1-4-34-21-8-6-5-7-18(21)25(27)19-13-16(15-26)9-11-20(19)28(24(25)29)35(30,31)23-12-10-17(32-2)14-22(23)33-3/h5-14H,4,27H2,1-3H3. The van der Waals surface area contributed by atoms with Gasteiger partial charge in [0.05, 0.1) is 38.1 Å². The number of methoxy groups -OCH3 is 2. The van der Waals surface area contributed by atoms with Gasteiger partial charge >= 0.3 is 0 Å². The van der Waals surface area contributed by atoms with Crippen molar-refractivity contribution >= 4 is 21.6 Å². The molecule has 1 heterocycles. The number of para-hydroxylation sites is 1. The largest absolute Gasteiger partial charge is 0.497 e. The number of ether oxygens (including phenoxy) is 3. The van der Waals surface area contributed by atoms with E-state index in [1.54, 1.807) is 31.2 Å². The molecule has 0 aliphatic carbocycles. The van der Waals surface area contributed by atoms with Gasteiger partial charge < -0.3 is 19.9 Å². The van der Waals surface area contributed by atoms with Crippen molar-refractivity contribution in [3.05, 3.63) is 77.4 Å². The quantitative estimate of drug-likeness (QED) is 0.531. The fourth-order valence-electron chi connectivity index (χ4n) is 4.14. The van der Waals surface area contributed by atoms with Gasteiger partial charge in [-0.2, -0.15) is 5.26 Å². The number of carbonyl (C=O) groups excluding carboxylic acids is 1. The molecule has 3 aromatic rings. The molecule has 9 nitrogen and oxygen atoms in total. The summed E-state index contributed by atoms with van der Waals surface area (Å²) in [6, 6.07) is 17.1. The third kappa shape index (κ3) is 3.65. The average Bonchev–Trinajstić information content (AvgIpc) is 3.11. The molecule has 1 amide bonds. The Bertz CT molecular complexity index is 1460. The topological polar surface area (TPSA) is 132 Å². The Morgan fingerprint density at radius 3 is 2.40 bits per heavy atom. The van der Waals surface area contributed by atoms with Crippen LogP contribution in [0, 0.1) is 11.3 Å². The fraction of sp³-hybridized carbons (Fsp3) is 0.200. The second-order valence-electron chi connectivity index (χ2n) is 7.67. The van der Waals surface area contributed by atoms with Crippen LogP contribution in [0.2, 0.25) is 0 Å². The molecular formula is C25H23N3O6S. The first-order chi connectivity index (χ1) is 16.7. The van der Waals surface area contributed by atoms with Crippen LogP contribution in [0.5, 0.6) is 17.2 Å². The number of benzene rings is 3. The lowest BCUT2D eigenvalue weighted by molar-refractivity contribution is -0.120. The van der Waals surface area contributed by atoms with Crippen LogP contribution in [0.3, 0.4) is 0 Å². The normalized spacial score (nSPS) is 17.0. The summed E-state index contributed by atoms with van der Waals surface area (Å²) >= 11 is 0. The minimum absolute atomic E-state index is 0.00316. The first kappa shape index (κ1) is 24.1. The molecule has 0 fully saturated rings. The molecule has 1 aliphatic rings. The molecule has 180 valence electrons. The molecule has 0 radical (unpaired) electrons. The number of hydrogen-bond acceptors (Lipinski definition) is 8. The molecule has 0 saturated heterocycles. The van der Waals surface area contributed by atoms with Gasteiger partial charge in [-0.05, 0) is 43.3 Å². The van der Waals surface area contributed by atoms with Crippen LogP contribution in [0.25, 0.3) is 0 Å². The molecule has 4 rings (SSSR count). The third-order valence-corrected chi connectivity index (χ3v) is 7.53. The number of nitrogens with two attached hydrogens (primary N) is 1. The van der Waals surface area contributed by atoms with Gasteiger partial charge in [0.2, 0.25) is 0 Å². The van der Waals surface area contributed by atoms with Gasteiger partial charge in [-0.1, -0.05) is 18.2 Å². The van der Waals surface area contributed by atoms with Gasteiger partial charge in [-0.3, -0.25) is 4.79 Å². The van der Waals surface area contributed by atoms with Crippen molar-refractivity contribution in [2.24, 2.45) is 5.73 Å². The summed E-state index contributed by atoms with van der Waals surface area (Å²) in [7, 11) is -1.74. The second-order valence-corrected chi connectivity index (χ2v) is 9.43. The van der Waals surface area contributed by atoms with Crippen molar-refractivity contribution in [3.63, 3.8) is 0 Å². The number of nitrogens with zero attached hydrogens (tertiary/aromatic N) is 2. The zero-order valence-corrected chi connectivity index (χ0v) is 20.1. The van der Waals surface area contributed by atoms with E-state index in [9.17, 15) is 18.5 Å². The van der Waals surface area contributed by atoms with Crippen molar-refractivity contribution < 1.29 is 27.4 Å². The van der Waals surface area contributed by atoms with E-state index in [2.05, 4.69) is 0 Å². The molecule has 1 unspecified atom stereocenters. The number of carbonyl (C=O) groups is 1. The summed E-state index contributed by atoms with van der Waals surface area (Å²) in [5.74, 6) is -0.198. The van der Waals surface area contributed by atoms with Crippen LogP contribution in [0.1, 0.15) is 23.6 Å². The van der Waals surface area contributed by atoms with Gasteiger partial charge in [-0.15, -0.1) is 0 Å².